The molecule has 1 N–H and O–H groups in total. The molecule has 0 aromatic carbocycles. The number of aliphatic hydroxyl groups is 1. The lowest BCUT2D eigenvalue weighted by Crippen LogP contribution is -2.38. The second kappa shape index (κ2) is 9.60. The topological polar surface area (TPSA) is 49.8 Å². The van der Waals surface area contributed by atoms with Crippen LogP contribution in [0, 0.1) is 0 Å². The second-order valence-corrected chi connectivity index (χ2v) is 4.06. The van der Waals surface area contributed by atoms with Crippen molar-refractivity contribution in [1.29, 1.82) is 0 Å². The first kappa shape index (κ1) is 15.4. The Bertz CT molecular complexity index is 183. The molecule has 0 aromatic heterocycles. The highest BCUT2D eigenvalue weighted by Crippen LogP contribution is 2.05. The number of carbonyl (C=O) groups is 1. The zero-order valence-electron chi connectivity index (χ0n) is 10.7. The molecule has 4 heteroatoms. The van der Waals surface area contributed by atoms with E-state index in [4.69, 9.17) is 9.84 Å². The van der Waals surface area contributed by atoms with E-state index in [2.05, 4.69) is 0 Å². The average Bonchev–Trinajstić information content (AvgIpc) is 2.24. The molecule has 0 rings (SSSR count). The van der Waals surface area contributed by atoms with E-state index in [9.17, 15) is 4.79 Å². The van der Waals surface area contributed by atoms with E-state index >= 15 is 0 Å². The van der Waals surface area contributed by atoms with Gasteiger partial charge in [0.25, 0.3) is 0 Å². The highest BCUT2D eigenvalue weighted by molar-refractivity contribution is 5.76. The molecule has 0 unspecified atom stereocenters. The maximum Gasteiger partial charge on any atom is 0.222 e. The lowest BCUT2D eigenvalue weighted by Gasteiger charge is -2.26. The molecule has 0 saturated carbocycles. The van der Waals surface area contributed by atoms with E-state index in [1.54, 1.807) is 0 Å². The smallest absolute Gasteiger partial charge is 0.222 e. The first-order valence-electron chi connectivity index (χ1n) is 6.11. The molecule has 0 radical (unpaired) electrons. The van der Waals surface area contributed by atoms with Crippen molar-refractivity contribution in [2.24, 2.45) is 0 Å². The Morgan fingerprint density at radius 1 is 1.38 bits per heavy atom. The van der Waals surface area contributed by atoms with Crippen molar-refractivity contribution >= 4 is 5.91 Å². The fraction of sp³-hybridized carbons (Fsp3) is 0.917. The molecular weight excluding hydrogens is 206 g/mol. The quantitative estimate of drug-likeness (QED) is 0.611. The van der Waals surface area contributed by atoms with Crippen LogP contribution in [-0.4, -0.2) is 48.3 Å². The Kier molecular flexibility index (Phi) is 9.24. The monoisotopic (exact) mass is 231 g/mol. The van der Waals surface area contributed by atoms with Crippen LogP contribution in [0.4, 0.5) is 0 Å². The van der Waals surface area contributed by atoms with Crippen molar-refractivity contribution in [2.45, 2.75) is 46.1 Å². The maximum atomic E-state index is 11.8. The lowest BCUT2D eigenvalue weighted by molar-refractivity contribution is -0.133. The van der Waals surface area contributed by atoms with Gasteiger partial charge in [0.05, 0.1) is 0 Å². The van der Waals surface area contributed by atoms with E-state index < -0.39 is 0 Å². The van der Waals surface area contributed by atoms with E-state index in [0.29, 0.717) is 32.6 Å². The predicted octanol–water partition coefficient (Wildman–Crippen LogP) is 1.42. The van der Waals surface area contributed by atoms with Crippen LogP contribution in [0.1, 0.15) is 40.0 Å². The molecule has 0 aliphatic rings. The Balaban J connectivity index is 3.87. The average molecular weight is 231 g/mol. The van der Waals surface area contributed by atoms with Crippen LogP contribution in [0.3, 0.4) is 0 Å². The number of hydrogen-bond acceptors (Lipinski definition) is 3. The van der Waals surface area contributed by atoms with Crippen molar-refractivity contribution in [2.75, 3.05) is 26.4 Å². The van der Waals surface area contributed by atoms with Crippen LogP contribution < -0.4 is 0 Å². The summed E-state index contributed by atoms with van der Waals surface area (Å²) in [5, 5.41) is 8.77. The summed E-state index contributed by atoms with van der Waals surface area (Å²) >= 11 is 0. The first-order chi connectivity index (χ1) is 7.63. The van der Waals surface area contributed by atoms with E-state index in [1.165, 1.54) is 0 Å². The number of ether oxygens (including phenoxy) is 1. The number of carbonyl (C=O) groups excluding carboxylic acids is 1. The Morgan fingerprint density at radius 3 is 2.56 bits per heavy atom. The summed E-state index contributed by atoms with van der Waals surface area (Å²) in [5.74, 6) is 0.156. The third-order valence-corrected chi connectivity index (χ3v) is 2.38. The first-order valence-corrected chi connectivity index (χ1v) is 6.11. The van der Waals surface area contributed by atoms with Crippen molar-refractivity contribution < 1.29 is 14.6 Å². The van der Waals surface area contributed by atoms with Crippen LogP contribution in [0.5, 0.6) is 0 Å². The Hall–Kier alpha value is -0.610. The van der Waals surface area contributed by atoms with Crippen LogP contribution in [0.25, 0.3) is 0 Å². The summed E-state index contributed by atoms with van der Waals surface area (Å²) < 4.78 is 5.19. The molecule has 4 nitrogen and oxygen atoms in total. The molecule has 0 atom stereocenters. The molecule has 0 aliphatic heterocycles. The molecule has 0 heterocycles. The van der Waals surface area contributed by atoms with Crippen LogP contribution >= 0.6 is 0 Å². The highest BCUT2D eigenvalue weighted by Gasteiger charge is 2.15. The van der Waals surface area contributed by atoms with Crippen molar-refractivity contribution in [3.05, 3.63) is 0 Å². The summed E-state index contributed by atoms with van der Waals surface area (Å²) in [4.78, 5) is 13.7. The zero-order chi connectivity index (χ0) is 12.4. The highest BCUT2D eigenvalue weighted by atomic mass is 16.5. The Morgan fingerprint density at radius 2 is 2.06 bits per heavy atom. The van der Waals surface area contributed by atoms with Gasteiger partial charge in [0, 0.05) is 38.8 Å². The van der Waals surface area contributed by atoms with Crippen molar-refractivity contribution in [3.63, 3.8) is 0 Å². The van der Waals surface area contributed by atoms with Gasteiger partial charge in [-0.3, -0.25) is 4.79 Å². The molecule has 0 aromatic rings. The fourth-order valence-corrected chi connectivity index (χ4v) is 1.53. The van der Waals surface area contributed by atoms with Gasteiger partial charge in [0.2, 0.25) is 5.91 Å². The molecule has 0 bridgehead atoms. The van der Waals surface area contributed by atoms with Gasteiger partial charge in [-0.25, -0.2) is 0 Å². The van der Waals surface area contributed by atoms with Gasteiger partial charge in [-0.15, -0.1) is 0 Å². The van der Waals surface area contributed by atoms with Gasteiger partial charge in [0.15, 0.2) is 0 Å². The lowest BCUT2D eigenvalue weighted by atomic mass is 10.2. The molecule has 1 amide bonds. The fourth-order valence-electron chi connectivity index (χ4n) is 1.53. The predicted molar refractivity (Wildman–Crippen MR) is 64.3 cm³/mol. The molecule has 0 aliphatic carbocycles. The SMILES string of the molecule is CCOCCCC(=O)N(CCCO)C(C)C. The Labute approximate surface area is 98.6 Å². The summed E-state index contributed by atoms with van der Waals surface area (Å²) in [5.41, 5.74) is 0. The summed E-state index contributed by atoms with van der Waals surface area (Å²) in [7, 11) is 0. The third-order valence-electron chi connectivity index (χ3n) is 2.38. The van der Waals surface area contributed by atoms with Gasteiger partial charge in [-0.1, -0.05) is 0 Å². The number of aliphatic hydroxyl groups excluding tert-OH is 1. The second-order valence-electron chi connectivity index (χ2n) is 4.06. The molecule has 96 valence electrons. The van der Waals surface area contributed by atoms with Crippen molar-refractivity contribution in [1.82, 2.24) is 4.90 Å². The largest absolute Gasteiger partial charge is 0.396 e. The summed E-state index contributed by atoms with van der Waals surface area (Å²) in [6.07, 6.45) is 1.95. The third kappa shape index (κ3) is 6.80. The molecule has 0 spiro atoms. The number of rotatable bonds is 9. The van der Waals surface area contributed by atoms with Gasteiger partial charge in [0.1, 0.15) is 0 Å². The normalized spacial score (nSPS) is 10.8. The van der Waals surface area contributed by atoms with E-state index in [1.807, 2.05) is 25.7 Å². The number of hydrogen-bond donors (Lipinski definition) is 1. The molecule has 0 fully saturated rings. The van der Waals surface area contributed by atoms with Gasteiger partial charge in [-0.2, -0.15) is 0 Å². The minimum atomic E-state index is 0.134. The standard InChI is InChI=1S/C12H25NO3/c1-4-16-10-5-7-12(15)13(11(2)3)8-6-9-14/h11,14H,4-10H2,1-3H3. The van der Waals surface area contributed by atoms with Crippen molar-refractivity contribution in [3.8, 4) is 0 Å². The van der Waals surface area contributed by atoms with Gasteiger partial charge < -0.3 is 14.7 Å². The van der Waals surface area contributed by atoms with Gasteiger partial charge >= 0.3 is 0 Å². The maximum absolute atomic E-state index is 11.8. The van der Waals surface area contributed by atoms with E-state index in [0.717, 1.165) is 6.42 Å². The van der Waals surface area contributed by atoms with Gasteiger partial charge in [-0.05, 0) is 33.6 Å². The van der Waals surface area contributed by atoms with Crippen LogP contribution in [0.15, 0.2) is 0 Å². The molecule has 0 saturated heterocycles. The summed E-state index contributed by atoms with van der Waals surface area (Å²) in [6.45, 7) is 8.07. The molecule has 16 heavy (non-hydrogen) atoms. The minimum absolute atomic E-state index is 0.134. The minimum Gasteiger partial charge on any atom is -0.396 e. The van der Waals surface area contributed by atoms with Crippen LogP contribution in [0.2, 0.25) is 0 Å². The van der Waals surface area contributed by atoms with Crippen LogP contribution in [-0.2, 0) is 9.53 Å². The number of amides is 1. The summed E-state index contributed by atoms with van der Waals surface area (Å²) in [6, 6.07) is 0.200. The zero-order valence-corrected chi connectivity index (χ0v) is 10.7. The van der Waals surface area contributed by atoms with E-state index in [-0.39, 0.29) is 18.6 Å². The molecular formula is C12H25NO3. The number of nitrogens with zero attached hydrogens (tertiary/aromatic N) is 1.